The summed E-state index contributed by atoms with van der Waals surface area (Å²) in [4.78, 5) is 27.4. The van der Waals surface area contributed by atoms with Crippen molar-refractivity contribution >= 4 is 11.9 Å². The number of rotatable bonds is 7. The molecule has 1 aliphatic rings. The lowest BCUT2D eigenvalue weighted by atomic mass is 10.1. The molecule has 1 amide bonds. The van der Waals surface area contributed by atoms with Crippen LogP contribution in [0.15, 0.2) is 48.5 Å². The molecule has 2 aromatic carbocycles. The van der Waals surface area contributed by atoms with Crippen LogP contribution in [0.3, 0.4) is 0 Å². The minimum atomic E-state index is -0.890. The van der Waals surface area contributed by atoms with Crippen LogP contribution in [0.5, 0.6) is 11.5 Å². The SMILES string of the molecule is Cc1cccc(Oc2ccccc2C(=O)N2CCOC(CN(C)CC(=O)O)C2)c1. The summed E-state index contributed by atoms with van der Waals surface area (Å²) < 4.78 is 11.7. The van der Waals surface area contributed by atoms with Crippen LogP contribution in [-0.4, -0.2) is 72.7 Å². The first-order chi connectivity index (χ1) is 13.9. The Balaban J connectivity index is 1.70. The molecule has 2 aromatic rings. The number of morpholine rings is 1. The van der Waals surface area contributed by atoms with Crippen LogP contribution in [0.2, 0.25) is 0 Å². The van der Waals surface area contributed by atoms with Crippen LogP contribution in [0.4, 0.5) is 0 Å². The molecule has 29 heavy (non-hydrogen) atoms. The van der Waals surface area contributed by atoms with Crippen LogP contribution in [0.25, 0.3) is 0 Å². The molecule has 154 valence electrons. The van der Waals surface area contributed by atoms with Gasteiger partial charge in [0.05, 0.1) is 24.8 Å². The number of benzene rings is 2. The summed E-state index contributed by atoms with van der Waals surface area (Å²) in [5, 5.41) is 8.91. The predicted octanol–water partition coefficient (Wildman–Crippen LogP) is 2.64. The van der Waals surface area contributed by atoms with E-state index in [1.54, 1.807) is 29.0 Å². The fraction of sp³-hybridized carbons (Fsp3) is 0.364. The Labute approximate surface area is 170 Å². The smallest absolute Gasteiger partial charge is 0.317 e. The third-order valence-corrected chi connectivity index (χ3v) is 4.68. The topological polar surface area (TPSA) is 79.3 Å². The Kier molecular flexibility index (Phi) is 6.85. The molecule has 1 fully saturated rings. The molecule has 0 aromatic heterocycles. The van der Waals surface area contributed by atoms with Crippen LogP contribution in [0.1, 0.15) is 15.9 Å². The highest BCUT2D eigenvalue weighted by atomic mass is 16.5. The number of amides is 1. The van der Waals surface area contributed by atoms with E-state index in [2.05, 4.69) is 0 Å². The molecule has 1 unspecified atom stereocenters. The van der Waals surface area contributed by atoms with E-state index in [-0.39, 0.29) is 18.6 Å². The fourth-order valence-corrected chi connectivity index (χ4v) is 3.37. The number of likely N-dealkylation sites (N-methyl/N-ethyl adjacent to an activating group) is 1. The van der Waals surface area contributed by atoms with Crippen molar-refractivity contribution in [1.29, 1.82) is 0 Å². The average molecular weight is 398 g/mol. The van der Waals surface area contributed by atoms with Crippen molar-refractivity contribution in [3.63, 3.8) is 0 Å². The number of hydrogen-bond donors (Lipinski definition) is 1. The highest BCUT2D eigenvalue weighted by Gasteiger charge is 2.27. The molecule has 0 bridgehead atoms. The molecule has 0 aliphatic carbocycles. The van der Waals surface area contributed by atoms with Gasteiger partial charge in [0.1, 0.15) is 11.5 Å². The third kappa shape index (κ3) is 5.79. The maximum Gasteiger partial charge on any atom is 0.317 e. The van der Waals surface area contributed by atoms with Crippen molar-refractivity contribution in [2.24, 2.45) is 0 Å². The number of aliphatic carboxylic acids is 1. The summed E-state index contributed by atoms with van der Waals surface area (Å²) in [6.07, 6.45) is -0.234. The highest BCUT2D eigenvalue weighted by Crippen LogP contribution is 2.27. The second kappa shape index (κ2) is 9.54. The zero-order chi connectivity index (χ0) is 20.8. The Hall–Kier alpha value is -2.90. The Bertz CT molecular complexity index is 870. The van der Waals surface area contributed by atoms with Crippen molar-refractivity contribution in [2.75, 3.05) is 39.8 Å². The number of carboxylic acid groups (broad SMARTS) is 1. The summed E-state index contributed by atoms with van der Waals surface area (Å²) in [6, 6.07) is 14.9. The lowest BCUT2D eigenvalue weighted by Gasteiger charge is -2.34. The van der Waals surface area contributed by atoms with Gasteiger partial charge in [-0.25, -0.2) is 0 Å². The van der Waals surface area contributed by atoms with Gasteiger partial charge in [-0.2, -0.15) is 0 Å². The van der Waals surface area contributed by atoms with Gasteiger partial charge in [-0.3, -0.25) is 14.5 Å². The van der Waals surface area contributed by atoms with E-state index >= 15 is 0 Å². The molecule has 0 radical (unpaired) electrons. The quantitative estimate of drug-likeness (QED) is 0.773. The zero-order valence-corrected chi connectivity index (χ0v) is 16.7. The molecule has 3 rings (SSSR count). The number of carboxylic acids is 1. The van der Waals surface area contributed by atoms with Gasteiger partial charge < -0.3 is 19.5 Å². The number of carbonyl (C=O) groups is 2. The van der Waals surface area contributed by atoms with E-state index in [1.165, 1.54) is 0 Å². The van der Waals surface area contributed by atoms with Crippen LogP contribution < -0.4 is 4.74 Å². The van der Waals surface area contributed by atoms with Crippen LogP contribution in [-0.2, 0) is 9.53 Å². The number of aryl methyl sites for hydroxylation is 1. The van der Waals surface area contributed by atoms with Crippen molar-refractivity contribution in [3.8, 4) is 11.5 Å². The van der Waals surface area contributed by atoms with Gasteiger partial charge in [0.25, 0.3) is 5.91 Å². The minimum Gasteiger partial charge on any atom is -0.480 e. The van der Waals surface area contributed by atoms with E-state index in [1.807, 2.05) is 43.3 Å². The molecule has 7 nitrogen and oxygen atoms in total. The van der Waals surface area contributed by atoms with Gasteiger partial charge in [-0.05, 0) is 43.8 Å². The van der Waals surface area contributed by atoms with Crippen LogP contribution >= 0.6 is 0 Å². The first-order valence-corrected chi connectivity index (χ1v) is 9.57. The second-order valence-corrected chi connectivity index (χ2v) is 7.25. The first-order valence-electron chi connectivity index (χ1n) is 9.57. The third-order valence-electron chi connectivity index (χ3n) is 4.68. The monoisotopic (exact) mass is 398 g/mol. The fourth-order valence-electron chi connectivity index (χ4n) is 3.37. The number of carbonyl (C=O) groups excluding carboxylic acids is 1. The Morgan fingerprint density at radius 1 is 1.24 bits per heavy atom. The molecule has 1 saturated heterocycles. The number of hydrogen-bond acceptors (Lipinski definition) is 5. The van der Waals surface area contributed by atoms with E-state index < -0.39 is 5.97 Å². The van der Waals surface area contributed by atoms with Gasteiger partial charge in [-0.1, -0.05) is 24.3 Å². The summed E-state index contributed by atoms with van der Waals surface area (Å²) >= 11 is 0. The second-order valence-electron chi connectivity index (χ2n) is 7.25. The predicted molar refractivity (Wildman–Crippen MR) is 108 cm³/mol. The number of nitrogens with zero attached hydrogens (tertiary/aromatic N) is 2. The van der Waals surface area contributed by atoms with Crippen molar-refractivity contribution < 1.29 is 24.2 Å². The number of ether oxygens (including phenoxy) is 2. The standard InChI is InChI=1S/C22H26N2O5/c1-16-6-5-7-17(12-16)29-20-9-4-3-8-19(20)22(27)24-10-11-28-18(14-24)13-23(2)15-21(25)26/h3-9,12,18H,10-11,13-15H2,1-2H3,(H,25,26). The molecule has 1 aliphatic heterocycles. The van der Waals surface area contributed by atoms with Gasteiger partial charge in [0.2, 0.25) is 0 Å². The van der Waals surface area contributed by atoms with Gasteiger partial charge >= 0.3 is 5.97 Å². The molecule has 1 heterocycles. The highest BCUT2D eigenvalue weighted by molar-refractivity contribution is 5.97. The Morgan fingerprint density at radius 3 is 2.79 bits per heavy atom. The molecular formula is C22H26N2O5. The van der Waals surface area contributed by atoms with Crippen molar-refractivity contribution in [1.82, 2.24) is 9.80 Å². The Morgan fingerprint density at radius 2 is 2.03 bits per heavy atom. The maximum absolute atomic E-state index is 13.2. The summed E-state index contributed by atoms with van der Waals surface area (Å²) in [5.41, 5.74) is 1.57. The van der Waals surface area contributed by atoms with Crippen molar-refractivity contribution in [3.05, 3.63) is 59.7 Å². The lowest BCUT2D eigenvalue weighted by Crippen LogP contribution is -2.49. The zero-order valence-electron chi connectivity index (χ0n) is 16.7. The molecule has 1 atom stereocenters. The van der Waals surface area contributed by atoms with E-state index in [4.69, 9.17) is 14.6 Å². The van der Waals surface area contributed by atoms with Crippen molar-refractivity contribution in [2.45, 2.75) is 13.0 Å². The normalized spacial score (nSPS) is 16.7. The van der Waals surface area contributed by atoms with Gasteiger partial charge in [-0.15, -0.1) is 0 Å². The molecule has 0 spiro atoms. The first kappa shape index (κ1) is 20.8. The largest absolute Gasteiger partial charge is 0.480 e. The summed E-state index contributed by atoms with van der Waals surface area (Å²) in [5.74, 6) is 0.176. The van der Waals surface area contributed by atoms with Gasteiger partial charge in [0, 0.05) is 19.6 Å². The van der Waals surface area contributed by atoms with E-state index in [0.29, 0.717) is 43.3 Å². The molecule has 7 heteroatoms. The number of para-hydroxylation sites is 1. The van der Waals surface area contributed by atoms with E-state index in [9.17, 15) is 9.59 Å². The maximum atomic E-state index is 13.2. The van der Waals surface area contributed by atoms with Crippen LogP contribution in [0, 0.1) is 6.92 Å². The molecule has 0 saturated carbocycles. The van der Waals surface area contributed by atoms with E-state index in [0.717, 1.165) is 5.56 Å². The minimum absolute atomic E-state index is 0.0685. The summed E-state index contributed by atoms with van der Waals surface area (Å²) in [7, 11) is 1.73. The molecule has 1 N–H and O–H groups in total. The lowest BCUT2D eigenvalue weighted by molar-refractivity contribution is -0.138. The summed E-state index contributed by atoms with van der Waals surface area (Å²) in [6.45, 7) is 3.66. The average Bonchev–Trinajstić information content (AvgIpc) is 2.67. The molecular weight excluding hydrogens is 372 g/mol. The van der Waals surface area contributed by atoms with Gasteiger partial charge in [0.15, 0.2) is 0 Å².